The summed E-state index contributed by atoms with van der Waals surface area (Å²) >= 11 is 0. The molecule has 0 atom stereocenters. The summed E-state index contributed by atoms with van der Waals surface area (Å²) in [6.07, 6.45) is 2.23. The van der Waals surface area contributed by atoms with Gasteiger partial charge in [-0.3, -0.25) is 9.36 Å². The highest BCUT2D eigenvalue weighted by molar-refractivity contribution is 5.80. The number of rotatable bonds is 2. The molecular formula is C16H13FN2O. The number of nitrogens with zero attached hydrogens (tertiary/aromatic N) is 2. The van der Waals surface area contributed by atoms with E-state index in [9.17, 15) is 9.18 Å². The fourth-order valence-electron chi connectivity index (χ4n) is 2.25. The van der Waals surface area contributed by atoms with Crippen LogP contribution in [0.1, 0.15) is 21.5 Å². The zero-order valence-corrected chi connectivity index (χ0v) is 11.2. The Kier molecular flexibility index (Phi) is 2.86. The van der Waals surface area contributed by atoms with Crippen molar-refractivity contribution in [3.05, 3.63) is 59.2 Å². The first-order valence-corrected chi connectivity index (χ1v) is 6.29. The molecule has 0 aliphatic rings. The highest BCUT2D eigenvalue weighted by Crippen LogP contribution is 2.23. The molecule has 0 radical (unpaired) electrons. The Morgan fingerprint density at radius 2 is 1.90 bits per heavy atom. The van der Waals surface area contributed by atoms with E-state index in [1.807, 2.05) is 26.0 Å². The standard InChI is InChI=1S/C16H13FN2O/c1-10-5-14-16(6-11(10)2)19(9-18-14)15-4-3-12(8-20)7-13(15)17/h3-9H,1-2H3. The van der Waals surface area contributed by atoms with Gasteiger partial charge in [-0.25, -0.2) is 9.37 Å². The molecule has 0 fully saturated rings. The van der Waals surface area contributed by atoms with Crippen LogP contribution in [0.5, 0.6) is 0 Å². The van der Waals surface area contributed by atoms with Crippen LogP contribution in [0.4, 0.5) is 4.39 Å². The molecule has 1 aromatic heterocycles. The van der Waals surface area contributed by atoms with Gasteiger partial charge in [0.15, 0.2) is 0 Å². The first kappa shape index (κ1) is 12.5. The van der Waals surface area contributed by atoms with Crippen molar-refractivity contribution < 1.29 is 9.18 Å². The predicted octanol–water partition coefficient (Wildman–Crippen LogP) is 3.59. The molecule has 0 aliphatic carbocycles. The largest absolute Gasteiger partial charge is 0.298 e. The first-order valence-electron chi connectivity index (χ1n) is 6.29. The zero-order valence-electron chi connectivity index (χ0n) is 11.2. The van der Waals surface area contributed by atoms with Crippen LogP contribution in [-0.4, -0.2) is 15.8 Å². The Bertz CT molecular complexity index is 821. The molecular weight excluding hydrogens is 255 g/mol. The van der Waals surface area contributed by atoms with Gasteiger partial charge in [0.05, 0.1) is 16.7 Å². The van der Waals surface area contributed by atoms with E-state index in [4.69, 9.17) is 0 Å². The number of fused-ring (bicyclic) bond motifs is 1. The summed E-state index contributed by atoms with van der Waals surface area (Å²) in [4.78, 5) is 15.0. The number of carbonyl (C=O) groups is 1. The minimum absolute atomic E-state index is 0.322. The molecule has 3 rings (SSSR count). The molecule has 0 aliphatic heterocycles. The van der Waals surface area contributed by atoms with Crippen LogP contribution in [0.2, 0.25) is 0 Å². The predicted molar refractivity (Wildman–Crippen MR) is 75.9 cm³/mol. The van der Waals surface area contributed by atoms with Crippen LogP contribution in [0.3, 0.4) is 0 Å². The fourth-order valence-corrected chi connectivity index (χ4v) is 2.25. The van der Waals surface area contributed by atoms with Gasteiger partial charge in [-0.1, -0.05) is 0 Å². The average Bonchev–Trinajstić information content (AvgIpc) is 2.82. The molecule has 0 amide bonds. The second-order valence-corrected chi connectivity index (χ2v) is 4.87. The van der Waals surface area contributed by atoms with Crippen LogP contribution in [0.25, 0.3) is 16.7 Å². The summed E-state index contributed by atoms with van der Waals surface area (Å²) in [5.74, 6) is -0.438. The van der Waals surface area contributed by atoms with Crippen LogP contribution >= 0.6 is 0 Å². The fraction of sp³-hybridized carbons (Fsp3) is 0.125. The third-order valence-corrected chi connectivity index (χ3v) is 3.53. The van der Waals surface area contributed by atoms with Gasteiger partial charge in [0.1, 0.15) is 18.4 Å². The number of aldehydes is 1. The number of benzene rings is 2. The van der Waals surface area contributed by atoms with Crippen molar-refractivity contribution in [1.29, 1.82) is 0 Å². The maximum atomic E-state index is 14.1. The monoisotopic (exact) mass is 268 g/mol. The van der Waals surface area contributed by atoms with Crippen molar-refractivity contribution in [1.82, 2.24) is 9.55 Å². The molecule has 100 valence electrons. The normalized spacial score (nSPS) is 10.9. The third-order valence-electron chi connectivity index (χ3n) is 3.53. The molecule has 1 heterocycles. The minimum Gasteiger partial charge on any atom is -0.298 e. The maximum Gasteiger partial charge on any atom is 0.150 e. The van der Waals surface area contributed by atoms with Crippen molar-refractivity contribution in [3.8, 4) is 5.69 Å². The number of halogens is 1. The van der Waals surface area contributed by atoms with E-state index in [1.54, 1.807) is 23.0 Å². The molecule has 3 nitrogen and oxygen atoms in total. The quantitative estimate of drug-likeness (QED) is 0.666. The van der Waals surface area contributed by atoms with Gasteiger partial charge in [0, 0.05) is 5.56 Å². The van der Waals surface area contributed by atoms with Crippen LogP contribution in [-0.2, 0) is 0 Å². The van der Waals surface area contributed by atoms with E-state index >= 15 is 0 Å². The summed E-state index contributed by atoms with van der Waals surface area (Å²) in [6, 6.07) is 8.40. The second-order valence-electron chi connectivity index (χ2n) is 4.87. The lowest BCUT2D eigenvalue weighted by atomic mass is 10.1. The molecule has 20 heavy (non-hydrogen) atoms. The number of aromatic nitrogens is 2. The number of imidazole rings is 1. The summed E-state index contributed by atoms with van der Waals surface area (Å²) in [6.45, 7) is 4.03. The molecule has 0 spiro atoms. The third kappa shape index (κ3) is 1.90. The SMILES string of the molecule is Cc1cc2ncn(-c3ccc(C=O)cc3F)c2cc1C. The summed E-state index contributed by atoms with van der Waals surface area (Å²) in [7, 11) is 0. The van der Waals surface area contributed by atoms with Crippen molar-refractivity contribution in [2.75, 3.05) is 0 Å². The maximum absolute atomic E-state index is 14.1. The van der Waals surface area contributed by atoms with Crippen LogP contribution in [0.15, 0.2) is 36.7 Å². The number of carbonyl (C=O) groups excluding carboxylic acids is 1. The first-order chi connectivity index (χ1) is 9.60. The van der Waals surface area contributed by atoms with E-state index in [0.717, 1.165) is 22.2 Å². The Morgan fingerprint density at radius 1 is 1.15 bits per heavy atom. The lowest BCUT2D eigenvalue weighted by molar-refractivity contribution is 0.112. The smallest absolute Gasteiger partial charge is 0.150 e. The molecule has 3 aromatic rings. The van der Waals surface area contributed by atoms with Crippen molar-refractivity contribution >= 4 is 17.3 Å². The zero-order chi connectivity index (χ0) is 14.3. The molecule has 0 N–H and O–H groups in total. The highest BCUT2D eigenvalue weighted by atomic mass is 19.1. The Labute approximate surface area is 115 Å². The van der Waals surface area contributed by atoms with Crippen molar-refractivity contribution in [2.24, 2.45) is 0 Å². The second kappa shape index (κ2) is 4.56. The summed E-state index contributed by atoms with van der Waals surface area (Å²) < 4.78 is 15.8. The lowest BCUT2D eigenvalue weighted by Crippen LogP contribution is -1.97. The Hall–Kier alpha value is -2.49. The average molecular weight is 268 g/mol. The minimum atomic E-state index is -0.438. The van der Waals surface area contributed by atoms with Gasteiger partial charge in [0.25, 0.3) is 0 Å². The molecule has 0 saturated heterocycles. The Balaban J connectivity index is 2.24. The van der Waals surface area contributed by atoms with E-state index in [1.165, 1.54) is 6.07 Å². The molecule has 4 heteroatoms. The van der Waals surface area contributed by atoms with Gasteiger partial charge in [0.2, 0.25) is 0 Å². The summed E-state index contributed by atoms with van der Waals surface area (Å²) in [5, 5.41) is 0. The topological polar surface area (TPSA) is 34.9 Å². The number of hydrogen-bond donors (Lipinski definition) is 0. The lowest BCUT2D eigenvalue weighted by Gasteiger charge is -2.07. The molecule has 2 aromatic carbocycles. The van der Waals surface area contributed by atoms with Gasteiger partial charge < -0.3 is 0 Å². The van der Waals surface area contributed by atoms with Crippen LogP contribution in [0, 0.1) is 19.7 Å². The van der Waals surface area contributed by atoms with Crippen LogP contribution < -0.4 is 0 Å². The number of hydrogen-bond acceptors (Lipinski definition) is 2. The van der Waals surface area contributed by atoms with Gasteiger partial charge >= 0.3 is 0 Å². The Morgan fingerprint density at radius 3 is 2.60 bits per heavy atom. The van der Waals surface area contributed by atoms with Gasteiger partial charge in [-0.05, 0) is 55.3 Å². The summed E-state index contributed by atoms with van der Waals surface area (Å²) in [5.41, 5.74) is 4.67. The molecule has 0 unspecified atom stereocenters. The van der Waals surface area contributed by atoms with E-state index in [2.05, 4.69) is 4.98 Å². The van der Waals surface area contributed by atoms with E-state index < -0.39 is 5.82 Å². The number of aryl methyl sites for hydroxylation is 2. The molecule has 0 bridgehead atoms. The van der Waals surface area contributed by atoms with Crippen molar-refractivity contribution in [3.63, 3.8) is 0 Å². The van der Waals surface area contributed by atoms with Crippen molar-refractivity contribution in [2.45, 2.75) is 13.8 Å². The highest BCUT2D eigenvalue weighted by Gasteiger charge is 2.10. The van der Waals surface area contributed by atoms with Gasteiger partial charge in [-0.2, -0.15) is 0 Å². The van der Waals surface area contributed by atoms with E-state index in [0.29, 0.717) is 17.5 Å². The van der Waals surface area contributed by atoms with E-state index in [-0.39, 0.29) is 0 Å². The molecule has 0 saturated carbocycles. The van der Waals surface area contributed by atoms with Gasteiger partial charge in [-0.15, -0.1) is 0 Å².